The lowest BCUT2D eigenvalue weighted by molar-refractivity contribution is -0.136. The van der Waals surface area contributed by atoms with Crippen molar-refractivity contribution in [2.75, 3.05) is 17.2 Å². The van der Waals surface area contributed by atoms with E-state index in [1.165, 1.54) is 12.3 Å². The Labute approximate surface area is 205 Å². The van der Waals surface area contributed by atoms with Crippen LogP contribution in [0.5, 0.6) is 5.75 Å². The van der Waals surface area contributed by atoms with E-state index in [0.29, 0.717) is 17.0 Å². The third kappa shape index (κ3) is 7.33. The van der Waals surface area contributed by atoms with Gasteiger partial charge in [-0.05, 0) is 54.4 Å². The van der Waals surface area contributed by atoms with Gasteiger partial charge in [-0.15, -0.1) is 0 Å². The first-order chi connectivity index (χ1) is 16.3. The van der Waals surface area contributed by atoms with E-state index in [1.807, 2.05) is 25.1 Å². The number of rotatable bonds is 7. The number of hydrogen-bond acceptors (Lipinski definition) is 5. The molecule has 0 heterocycles. The van der Waals surface area contributed by atoms with Crippen LogP contribution in [0.2, 0.25) is 10.0 Å². The highest BCUT2D eigenvalue weighted by molar-refractivity contribution is 6.45. The number of hydrogen-bond donors (Lipinski definition) is 3. The number of halogens is 2. The molecule has 0 bridgehead atoms. The minimum Gasteiger partial charge on any atom is -0.484 e. The number of hydrazone groups is 1. The van der Waals surface area contributed by atoms with Gasteiger partial charge in [-0.1, -0.05) is 53.5 Å². The summed E-state index contributed by atoms with van der Waals surface area (Å²) in [5.74, 6) is -1.82. The van der Waals surface area contributed by atoms with E-state index < -0.39 is 11.8 Å². The summed E-state index contributed by atoms with van der Waals surface area (Å²) in [5, 5.41) is 9.25. The molecule has 0 unspecified atom stereocenters. The lowest BCUT2D eigenvalue weighted by Gasteiger charge is -2.08. The Morgan fingerprint density at radius 1 is 0.941 bits per heavy atom. The molecule has 10 heteroatoms. The minimum atomic E-state index is -0.993. The van der Waals surface area contributed by atoms with Crippen molar-refractivity contribution in [3.05, 3.63) is 87.9 Å². The van der Waals surface area contributed by atoms with Crippen LogP contribution in [0.1, 0.15) is 11.1 Å². The fourth-order valence-corrected chi connectivity index (χ4v) is 3.10. The van der Waals surface area contributed by atoms with Crippen molar-refractivity contribution < 1.29 is 19.1 Å². The molecule has 3 N–H and O–H groups in total. The van der Waals surface area contributed by atoms with Crippen LogP contribution in [0, 0.1) is 6.92 Å². The SMILES string of the molecule is Cc1cccc(NC(=O)COc2cccc(/C=N\NC(=O)C(=O)Nc3cccc(Cl)c3Cl)c2)c1. The van der Waals surface area contributed by atoms with Gasteiger partial charge in [0.2, 0.25) is 0 Å². The summed E-state index contributed by atoms with van der Waals surface area (Å²) in [6.07, 6.45) is 1.33. The third-order valence-electron chi connectivity index (χ3n) is 4.32. The van der Waals surface area contributed by atoms with Gasteiger partial charge >= 0.3 is 11.8 Å². The Kier molecular flexibility index (Phi) is 8.61. The molecule has 0 aliphatic rings. The molecule has 0 saturated heterocycles. The number of nitrogens with zero attached hydrogens (tertiary/aromatic N) is 1. The molecule has 0 aliphatic carbocycles. The maximum atomic E-state index is 12.1. The maximum absolute atomic E-state index is 12.1. The molecule has 174 valence electrons. The highest BCUT2D eigenvalue weighted by atomic mass is 35.5. The van der Waals surface area contributed by atoms with E-state index in [-0.39, 0.29) is 28.2 Å². The first kappa shape index (κ1) is 24.8. The largest absolute Gasteiger partial charge is 0.484 e. The average Bonchev–Trinajstić information content (AvgIpc) is 2.81. The first-order valence-corrected chi connectivity index (χ1v) is 10.7. The van der Waals surface area contributed by atoms with Crippen LogP contribution in [0.4, 0.5) is 11.4 Å². The molecular weight excluding hydrogens is 479 g/mol. The van der Waals surface area contributed by atoms with Crippen molar-refractivity contribution in [1.29, 1.82) is 0 Å². The average molecular weight is 499 g/mol. The summed E-state index contributed by atoms with van der Waals surface area (Å²) >= 11 is 11.9. The van der Waals surface area contributed by atoms with Gasteiger partial charge in [-0.3, -0.25) is 14.4 Å². The molecule has 0 spiro atoms. The third-order valence-corrected chi connectivity index (χ3v) is 5.13. The molecule has 3 rings (SSSR count). The monoisotopic (exact) mass is 498 g/mol. The molecule has 34 heavy (non-hydrogen) atoms. The number of ether oxygens (including phenoxy) is 1. The van der Waals surface area contributed by atoms with Crippen LogP contribution in [-0.2, 0) is 14.4 Å². The molecule has 0 atom stereocenters. The smallest absolute Gasteiger partial charge is 0.329 e. The summed E-state index contributed by atoms with van der Waals surface area (Å²) < 4.78 is 5.52. The van der Waals surface area contributed by atoms with Gasteiger partial charge < -0.3 is 15.4 Å². The van der Waals surface area contributed by atoms with Crippen LogP contribution in [0.3, 0.4) is 0 Å². The number of aryl methyl sites for hydroxylation is 1. The Bertz CT molecular complexity index is 1250. The summed E-state index contributed by atoms with van der Waals surface area (Å²) in [7, 11) is 0. The zero-order valence-corrected chi connectivity index (χ0v) is 19.5. The fraction of sp³-hybridized carbons (Fsp3) is 0.0833. The number of anilines is 2. The van der Waals surface area contributed by atoms with Gasteiger partial charge in [0.1, 0.15) is 5.75 Å². The molecule has 0 aromatic heterocycles. The Balaban J connectivity index is 1.49. The summed E-state index contributed by atoms with van der Waals surface area (Å²) in [4.78, 5) is 36.1. The number of carbonyl (C=O) groups is 3. The highest BCUT2D eigenvalue weighted by Gasteiger charge is 2.15. The number of benzene rings is 3. The predicted octanol–water partition coefficient (Wildman–Crippen LogP) is 4.41. The maximum Gasteiger partial charge on any atom is 0.329 e. The standard InChI is InChI=1S/C24H20Cl2N4O4/c1-15-5-2-7-17(11-15)28-21(31)14-34-18-8-3-6-16(12-18)13-27-30-24(33)23(32)29-20-10-4-9-19(25)22(20)26/h2-13H,14H2,1H3,(H,28,31)(H,29,32)(H,30,33)/b27-13-. The van der Waals surface area contributed by atoms with Crippen LogP contribution >= 0.6 is 23.2 Å². The lowest BCUT2D eigenvalue weighted by Crippen LogP contribution is -2.32. The van der Waals surface area contributed by atoms with Gasteiger partial charge in [-0.25, -0.2) is 5.43 Å². The first-order valence-electron chi connectivity index (χ1n) is 9.99. The molecule has 0 radical (unpaired) electrons. The Hall–Kier alpha value is -3.88. The Morgan fingerprint density at radius 2 is 1.71 bits per heavy atom. The van der Waals surface area contributed by atoms with Crippen molar-refractivity contribution in [1.82, 2.24) is 5.43 Å². The van der Waals surface area contributed by atoms with Crippen molar-refractivity contribution in [3.63, 3.8) is 0 Å². The Morgan fingerprint density at radius 3 is 2.50 bits per heavy atom. The molecule has 0 saturated carbocycles. The van der Waals surface area contributed by atoms with Crippen LogP contribution < -0.4 is 20.8 Å². The lowest BCUT2D eigenvalue weighted by atomic mass is 10.2. The molecule has 3 aromatic rings. The van der Waals surface area contributed by atoms with Crippen molar-refractivity contribution in [2.24, 2.45) is 5.10 Å². The fourth-order valence-electron chi connectivity index (χ4n) is 2.75. The highest BCUT2D eigenvalue weighted by Crippen LogP contribution is 2.29. The van der Waals surface area contributed by atoms with Gasteiger partial charge in [0.15, 0.2) is 6.61 Å². The zero-order chi connectivity index (χ0) is 24.5. The van der Waals surface area contributed by atoms with E-state index in [9.17, 15) is 14.4 Å². The molecule has 3 amide bonds. The van der Waals surface area contributed by atoms with E-state index in [2.05, 4.69) is 21.2 Å². The van der Waals surface area contributed by atoms with Crippen molar-refractivity contribution in [3.8, 4) is 5.75 Å². The molecule has 8 nitrogen and oxygen atoms in total. The second kappa shape index (κ2) is 11.8. The molecule has 0 aliphatic heterocycles. The number of amides is 3. The summed E-state index contributed by atoms with van der Waals surface area (Å²) in [6, 6.07) is 18.8. The van der Waals surface area contributed by atoms with Gasteiger partial charge in [0.05, 0.1) is 21.9 Å². The molecular formula is C24H20Cl2N4O4. The second-order valence-electron chi connectivity index (χ2n) is 7.03. The van der Waals surface area contributed by atoms with Gasteiger partial charge in [0.25, 0.3) is 5.91 Å². The normalized spacial score (nSPS) is 10.6. The summed E-state index contributed by atoms with van der Waals surface area (Å²) in [6.45, 7) is 1.75. The second-order valence-corrected chi connectivity index (χ2v) is 7.82. The zero-order valence-electron chi connectivity index (χ0n) is 18.0. The van der Waals surface area contributed by atoms with Crippen LogP contribution in [0.15, 0.2) is 71.8 Å². The van der Waals surface area contributed by atoms with Gasteiger partial charge in [-0.2, -0.15) is 5.10 Å². The van der Waals surface area contributed by atoms with E-state index in [0.717, 1.165) is 5.56 Å². The topological polar surface area (TPSA) is 109 Å². The minimum absolute atomic E-state index is 0.123. The predicted molar refractivity (Wildman–Crippen MR) is 133 cm³/mol. The van der Waals surface area contributed by atoms with Crippen molar-refractivity contribution >= 4 is 58.5 Å². The quantitative estimate of drug-likeness (QED) is 0.254. The van der Waals surface area contributed by atoms with Crippen LogP contribution in [-0.4, -0.2) is 30.5 Å². The summed E-state index contributed by atoms with van der Waals surface area (Å²) in [5.41, 5.74) is 4.62. The number of carbonyl (C=O) groups excluding carboxylic acids is 3. The van der Waals surface area contributed by atoms with Crippen molar-refractivity contribution in [2.45, 2.75) is 6.92 Å². The molecule has 3 aromatic carbocycles. The van der Waals surface area contributed by atoms with Crippen LogP contribution in [0.25, 0.3) is 0 Å². The van der Waals surface area contributed by atoms with E-state index in [4.69, 9.17) is 27.9 Å². The number of nitrogens with one attached hydrogen (secondary N) is 3. The molecule has 0 fully saturated rings. The van der Waals surface area contributed by atoms with E-state index in [1.54, 1.807) is 42.5 Å². The van der Waals surface area contributed by atoms with E-state index >= 15 is 0 Å². The van der Waals surface area contributed by atoms with Gasteiger partial charge in [0, 0.05) is 5.69 Å².